The van der Waals surface area contributed by atoms with Crippen molar-refractivity contribution in [1.82, 2.24) is 14.8 Å². The highest BCUT2D eigenvalue weighted by Gasteiger charge is 2.20. The zero-order chi connectivity index (χ0) is 27.9. The second-order valence-corrected chi connectivity index (χ2v) is 11.0. The number of carbonyl (C=O) groups is 1. The molecule has 0 saturated heterocycles. The van der Waals surface area contributed by atoms with Gasteiger partial charge in [-0.05, 0) is 47.2 Å². The molecule has 0 bridgehead atoms. The number of aromatic nitrogens is 1. The fourth-order valence-electron chi connectivity index (χ4n) is 4.72. The molecule has 1 heterocycles. The molecule has 0 atom stereocenters. The highest BCUT2D eigenvalue weighted by Crippen LogP contribution is 2.24. The summed E-state index contributed by atoms with van der Waals surface area (Å²) < 4.78 is 0. The molecule has 0 aliphatic rings. The summed E-state index contributed by atoms with van der Waals surface area (Å²) in [6.07, 6.45) is 2.70. The second-order valence-electron chi connectivity index (χ2n) is 10.2. The standard InChI is InChI=1S/C30H32Cl2N4O3/c1-21(2)17-34(18-22-7-10-25(11-8-22)36(38)39)20-30(37)35(19-23-9-12-27(31)28(32)15-23)14-13-24-16-33-29-6-4-3-5-26(24)29/h3-12,15-16,21,33H,13-14,17-20H2,1-2H3. The number of non-ortho nitro benzene ring substituents is 1. The van der Waals surface area contributed by atoms with Crippen LogP contribution in [-0.2, 0) is 24.3 Å². The third-order valence-electron chi connectivity index (χ3n) is 6.57. The average Bonchev–Trinajstić information content (AvgIpc) is 3.31. The molecule has 0 fully saturated rings. The third kappa shape index (κ3) is 7.82. The SMILES string of the molecule is CC(C)CN(CC(=O)N(CCc1c[nH]c2ccccc12)Cc1ccc(Cl)c(Cl)c1)Cc1ccc([N+](=O)[O-])cc1. The van der Waals surface area contributed by atoms with Gasteiger partial charge in [-0.3, -0.25) is 19.8 Å². The Hall–Kier alpha value is -3.39. The topological polar surface area (TPSA) is 82.5 Å². The van der Waals surface area contributed by atoms with Gasteiger partial charge in [0.15, 0.2) is 0 Å². The van der Waals surface area contributed by atoms with Gasteiger partial charge >= 0.3 is 0 Å². The van der Waals surface area contributed by atoms with Gasteiger partial charge in [-0.15, -0.1) is 0 Å². The van der Waals surface area contributed by atoms with Crippen LogP contribution in [0.3, 0.4) is 0 Å². The van der Waals surface area contributed by atoms with Crippen LogP contribution in [0.15, 0.2) is 72.9 Å². The van der Waals surface area contributed by atoms with Gasteiger partial charge in [-0.25, -0.2) is 0 Å². The van der Waals surface area contributed by atoms with Crippen LogP contribution in [0.25, 0.3) is 10.9 Å². The Labute approximate surface area is 238 Å². The zero-order valence-electron chi connectivity index (χ0n) is 22.1. The van der Waals surface area contributed by atoms with E-state index in [1.807, 2.05) is 35.4 Å². The van der Waals surface area contributed by atoms with E-state index in [1.54, 1.807) is 24.3 Å². The van der Waals surface area contributed by atoms with Crippen LogP contribution in [0.4, 0.5) is 5.69 Å². The van der Waals surface area contributed by atoms with Crippen LogP contribution in [0.5, 0.6) is 0 Å². The van der Waals surface area contributed by atoms with E-state index in [-0.39, 0.29) is 18.1 Å². The first kappa shape index (κ1) is 28.6. The van der Waals surface area contributed by atoms with Crippen molar-refractivity contribution in [2.24, 2.45) is 5.92 Å². The van der Waals surface area contributed by atoms with Gasteiger partial charge < -0.3 is 9.88 Å². The van der Waals surface area contributed by atoms with Gasteiger partial charge in [-0.2, -0.15) is 0 Å². The lowest BCUT2D eigenvalue weighted by atomic mass is 10.1. The minimum atomic E-state index is -0.409. The van der Waals surface area contributed by atoms with E-state index < -0.39 is 4.92 Å². The van der Waals surface area contributed by atoms with E-state index in [9.17, 15) is 14.9 Å². The number of hydrogen-bond donors (Lipinski definition) is 1. The minimum Gasteiger partial charge on any atom is -0.361 e. The molecule has 1 amide bonds. The second kappa shape index (κ2) is 13.1. The summed E-state index contributed by atoms with van der Waals surface area (Å²) in [4.78, 5) is 31.7. The summed E-state index contributed by atoms with van der Waals surface area (Å²) in [5, 5.41) is 13.1. The number of nitrogens with zero attached hydrogens (tertiary/aromatic N) is 3. The highest BCUT2D eigenvalue weighted by molar-refractivity contribution is 6.42. The van der Waals surface area contributed by atoms with Crippen molar-refractivity contribution in [3.8, 4) is 0 Å². The van der Waals surface area contributed by atoms with E-state index in [0.29, 0.717) is 48.6 Å². The molecule has 0 aliphatic heterocycles. The van der Waals surface area contributed by atoms with Crippen molar-refractivity contribution in [2.45, 2.75) is 33.4 Å². The molecule has 0 unspecified atom stereocenters. The molecule has 39 heavy (non-hydrogen) atoms. The molecular weight excluding hydrogens is 535 g/mol. The maximum Gasteiger partial charge on any atom is 0.269 e. The number of halogens is 2. The summed E-state index contributed by atoms with van der Waals surface area (Å²) in [6, 6.07) is 20.1. The first-order chi connectivity index (χ1) is 18.7. The monoisotopic (exact) mass is 566 g/mol. The number of carbonyl (C=O) groups excluding carboxylic acids is 1. The molecule has 7 nitrogen and oxygen atoms in total. The Balaban J connectivity index is 1.53. The third-order valence-corrected chi connectivity index (χ3v) is 7.31. The fourth-order valence-corrected chi connectivity index (χ4v) is 5.04. The van der Waals surface area contributed by atoms with Crippen molar-refractivity contribution < 1.29 is 9.72 Å². The number of hydrogen-bond acceptors (Lipinski definition) is 4. The number of nitro benzene ring substituents is 1. The van der Waals surface area contributed by atoms with Gasteiger partial charge in [0.25, 0.3) is 5.69 Å². The van der Waals surface area contributed by atoms with Crippen LogP contribution in [0, 0.1) is 16.0 Å². The molecule has 1 N–H and O–H groups in total. The van der Waals surface area contributed by atoms with Crippen molar-refractivity contribution in [3.05, 3.63) is 110 Å². The van der Waals surface area contributed by atoms with Crippen LogP contribution >= 0.6 is 23.2 Å². The van der Waals surface area contributed by atoms with Gasteiger partial charge in [0.05, 0.1) is 21.5 Å². The van der Waals surface area contributed by atoms with Crippen molar-refractivity contribution >= 4 is 45.7 Å². The van der Waals surface area contributed by atoms with Crippen LogP contribution < -0.4 is 0 Å². The lowest BCUT2D eigenvalue weighted by Crippen LogP contribution is -2.42. The Kier molecular flexibility index (Phi) is 9.62. The fraction of sp³-hybridized carbons (Fsp3) is 0.300. The number of nitro groups is 1. The summed E-state index contributed by atoms with van der Waals surface area (Å²) in [6.45, 7) is 6.62. The van der Waals surface area contributed by atoms with Gasteiger partial charge in [0.1, 0.15) is 0 Å². The molecule has 4 aromatic rings. The Morgan fingerprint density at radius 1 is 0.974 bits per heavy atom. The van der Waals surface area contributed by atoms with E-state index in [1.165, 1.54) is 12.1 Å². The minimum absolute atomic E-state index is 0.00322. The Morgan fingerprint density at radius 3 is 2.38 bits per heavy atom. The number of rotatable bonds is 12. The molecule has 0 radical (unpaired) electrons. The largest absolute Gasteiger partial charge is 0.361 e. The lowest BCUT2D eigenvalue weighted by Gasteiger charge is -2.29. The number of fused-ring (bicyclic) bond motifs is 1. The molecule has 0 aliphatic carbocycles. The summed E-state index contributed by atoms with van der Waals surface area (Å²) in [5.74, 6) is 0.342. The normalized spacial score (nSPS) is 11.4. The molecule has 1 aromatic heterocycles. The molecule has 3 aromatic carbocycles. The summed E-state index contributed by atoms with van der Waals surface area (Å²) in [5.41, 5.74) is 4.10. The molecule has 9 heteroatoms. The molecule has 0 spiro atoms. The van der Waals surface area contributed by atoms with Crippen molar-refractivity contribution in [1.29, 1.82) is 0 Å². The lowest BCUT2D eigenvalue weighted by molar-refractivity contribution is -0.384. The predicted molar refractivity (Wildman–Crippen MR) is 157 cm³/mol. The van der Waals surface area contributed by atoms with Crippen LogP contribution in [-0.4, -0.2) is 45.2 Å². The van der Waals surface area contributed by atoms with E-state index in [4.69, 9.17) is 23.2 Å². The first-order valence-electron chi connectivity index (χ1n) is 12.9. The van der Waals surface area contributed by atoms with Gasteiger partial charge in [0.2, 0.25) is 5.91 Å². The van der Waals surface area contributed by atoms with Crippen molar-refractivity contribution in [3.63, 3.8) is 0 Å². The molecular formula is C30H32Cl2N4O3. The number of H-pyrrole nitrogens is 1. The number of benzene rings is 3. The highest BCUT2D eigenvalue weighted by atomic mass is 35.5. The Bertz CT molecular complexity index is 1440. The summed E-state index contributed by atoms with van der Waals surface area (Å²) in [7, 11) is 0. The molecule has 204 valence electrons. The number of amides is 1. The number of nitrogens with one attached hydrogen (secondary N) is 1. The Morgan fingerprint density at radius 2 is 1.69 bits per heavy atom. The van der Waals surface area contributed by atoms with Crippen molar-refractivity contribution in [2.75, 3.05) is 19.6 Å². The first-order valence-corrected chi connectivity index (χ1v) is 13.7. The average molecular weight is 568 g/mol. The maximum absolute atomic E-state index is 13.8. The van der Waals surface area contributed by atoms with E-state index in [0.717, 1.165) is 27.6 Å². The quantitative estimate of drug-likeness (QED) is 0.146. The zero-order valence-corrected chi connectivity index (χ0v) is 23.6. The molecule has 4 rings (SSSR count). The van der Waals surface area contributed by atoms with E-state index in [2.05, 4.69) is 29.8 Å². The van der Waals surface area contributed by atoms with Crippen LogP contribution in [0.1, 0.15) is 30.5 Å². The summed E-state index contributed by atoms with van der Waals surface area (Å²) >= 11 is 12.4. The van der Waals surface area contributed by atoms with Gasteiger partial charge in [0, 0.05) is 55.4 Å². The predicted octanol–water partition coefficient (Wildman–Crippen LogP) is 7.11. The smallest absolute Gasteiger partial charge is 0.269 e. The van der Waals surface area contributed by atoms with Gasteiger partial charge in [-0.1, -0.05) is 73.4 Å². The molecule has 0 saturated carbocycles. The number of aromatic amines is 1. The number of para-hydroxylation sites is 1. The maximum atomic E-state index is 13.8. The van der Waals surface area contributed by atoms with Crippen LogP contribution in [0.2, 0.25) is 10.0 Å². The van der Waals surface area contributed by atoms with E-state index >= 15 is 0 Å².